The SMILES string of the molecule is CC(C)C[NH+](CC(C)C)CC(C)C. The molecule has 1 heteroatoms. The standard InChI is InChI=1S/C12H27N/c1-10(2)7-13(8-11(3)4)9-12(5)6/h10-12H,7-9H2,1-6H3/p+1. The summed E-state index contributed by atoms with van der Waals surface area (Å²) in [5, 5.41) is 0. The van der Waals surface area contributed by atoms with Crippen LogP contribution in [0, 0.1) is 17.8 Å². The summed E-state index contributed by atoms with van der Waals surface area (Å²) in [5.74, 6) is 2.48. The Labute approximate surface area is 84.5 Å². The van der Waals surface area contributed by atoms with E-state index in [1.165, 1.54) is 19.6 Å². The molecule has 1 nitrogen and oxygen atoms in total. The predicted molar refractivity (Wildman–Crippen MR) is 60.1 cm³/mol. The van der Waals surface area contributed by atoms with Crippen molar-refractivity contribution in [2.24, 2.45) is 17.8 Å². The zero-order chi connectivity index (χ0) is 10.4. The minimum absolute atomic E-state index is 0.826. The molecule has 0 bridgehead atoms. The Morgan fingerprint density at radius 3 is 1.00 bits per heavy atom. The van der Waals surface area contributed by atoms with Gasteiger partial charge in [0.25, 0.3) is 0 Å². The quantitative estimate of drug-likeness (QED) is 0.645. The molecule has 0 radical (unpaired) electrons. The molecule has 0 spiro atoms. The molecule has 13 heavy (non-hydrogen) atoms. The van der Waals surface area contributed by atoms with Crippen LogP contribution in [0.25, 0.3) is 0 Å². The van der Waals surface area contributed by atoms with Gasteiger partial charge in [-0.15, -0.1) is 0 Å². The van der Waals surface area contributed by atoms with Gasteiger partial charge in [0.1, 0.15) is 0 Å². The molecule has 0 aromatic heterocycles. The Morgan fingerprint density at radius 1 is 0.615 bits per heavy atom. The van der Waals surface area contributed by atoms with Crippen LogP contribution in [0.15, 0.2) is 0 Å². The van der Waals surface area contributed by atoms with Crippen LogP contribution in [0.5, 0.6) is 0 Å². The normalized spacial score (nSPS) is 12.5. The van der Waals surface area contributed by atoms with Gasteiger partial charge < -0.3 is 4.90 Å². The fourth-order valence-corrected chi connectivity index (χ4v) is 1.98. The van der Waals surface area contributed by atoms with Gasteiger partial charge in [-0.25, -0.2) is 0 Å². The highest BCUT2D eigenvalue weighted by molar-refractivity contribution is 4.45. The average molecular weight is 186 g/mol. The van der Waals surface area contributed by atoms with Crippen LogP contribution >= 0.6 is 0 Å². The molecular formula is C12H28N+. The van der Waals surface area contributed by atoms with E-state index in [-0.39, 0.29) is 0 Å². The summed E-state index contributed by atoms with van der Waals surface area (Å²) < 4.78 is 0. The molecule has 0 aliphatic rings. The molecule has 0 heterocycles. The second kappa shape index (κ2) is 6.42. The highest BCUT2D eigenvalue weighted by Crippen LogP contribution is 1.91. The zero-order valence-corrected chi connectivity index (χ0v) is 10.4. The smallest absolute Gasteiger partial charge is 0.0794 e. The van der Waals surface area contributed by atoms with Gasteiger partial charge in [0.2, 0.25) is 0 Å². The van der Waals surface area contributed by atoms with Gasteiger partial charge >= 0.3 is 0 Å². The Balaban J connectivity index is 3.87. The largest absolute Gasteiger partial charge is 0.334 e. The molecule has 0 aromatic rings. The summed E-state index contributed by atoms with van der Waals surface area (Å²) in [5.41, 5.74) is 0. The van der Waals surface area contributed by atoms with Crippen LogP contribution in [0.2, 0.25) is 0 Å². The third-order valence-electron chi connectivity index (χ3n) is 2.09. The third-order valence-corrected chi connectivity index (χ3v) is 2.09. The molecule has 0 atom stereocenters. The van der Waals surface area contributed by atoms with Crippen molar-refractivity contribution in [1.82, 2.24) is 0 Å². The molecule has 0 amide bonds. The number of quaternary nitrogens is 1. The molecule has 0 aliphatic heterocycles. The molecular weight excluding hydrogens is 158 g/mol. The first-order valence-electron chi connectivity index (χ1n) is 5.75. The maximum absolute atomic E-state index is 2.32. The topological polar surface area (TPSA) is 4.44 Å². The van der Waals surface area contributed by atoms with Crippen molar-refractivity contribution < 1.29 is 4.90 Å². The molecule has 0 aromatic carbocycles. The number of nitrogens with one attached hydrogen (secondary N) is 1. The van der Waals surface area contributed by atoms with Gasteiger partial charge in [0.05, 0.1) is 19.6 Å². The summed E-state index contributed by atoms with van der Waals surface area (Å²) in [6, 6.07) is 0. The lowest BCUT2D eigenvalue weighted by Gasteiger charge is -2.24. The summed E-state index contributed by atoms with van der Waals surface area (Å²) >= 11 is 0. The summed E-state index contributed by atoms with van der Waals surface area (Å²) in [4.78, 5) is 1.78. The molecule has 0 aliphatic carbocycles. The van der Waals surface area contributed by atoms with Crippen LogP contribution in [0.1, 0.15) is 41.5 Å². The molecule has 0 rings (SSSR count). The van der Waals surface area contributed by atoms with Gasteiger partial charge in [-0.05, 0) is 0 Å². The monoisotopic (exact) mass is 186 g/mol. The zero-order valence-electron chi connectivity index (χ0n) is 10.4. The van der Waals surface area contributed by atoms with Gasteiger partial charge in [-0.3, -0.25) is 0 Å². The molecule has 0 saturated carbocycles. The lowest BCUT2D eigenvalue weighted by atomic mass is 10.1. The van der Waals surface area contributed by atoms with Gasteiger partial charge in [0, 0.05) is 17.8 Å². The van der Waals surface area contributed by atoms with Crippen molar-refractivity contribution in [1.29, 1.82) is 0 Å². The van der Waals surface area contributed by atoms with Crippen LogP contribution in [0.4, 0.5) is 0 Å². The Kier molecular flexibility index (Phi) is 6.40. The van der Waals surface area contributed by atoms with Crippen molar-refractivity contribution in [3.8, 4) is 0 Å². The van der Waals surface area contributed by atoms with Crippen molar-refractivity contribution in [3.05, 3.63) is 0 Å². The van der Waals surface area contributed by atoms with Crippen molar-refractivity contribution in [2.45, 2.75) is 41.5 Å². The van der Waals surface area contributed by atoms with Gasteiger partial charge in [-0.2, -0.15) is 0 Å². The third kappa shape index (κ3) is 8.29. The van der Waals surface area contributed by atoms with Crippen molar-refractivity contribution >= 4 is 0 Å². The van der Waals surface area contributed by atoms with E-state index in [0.717, 1.165) is 17.8 Å². The number of rotatable bonds is 6. The minimum Gasteiger partial charge on any atom is -0.334 e. The summed E-state index contributed by atoms with van der Waals surface area (Å²) in [6.45, 7) is 17.9. The molecule has 0 saturated heterocycles. The predicted octanol–water partition coefficient (Wildman–Crippen LogP) is 1.84. The van der Waals surface area contributed by atoms with Crippen LogP contribution in [-0.4, -0.2) is 19.6 Å². The highest BCUT2D eigenvalue weighted by Gasteiger charge is 2.13. The first kappa shape index (κ1) is 13.0. The summed E-state index contributed by atoms with van der Waals surface area (Å²) in [6.07, 6.45) is 0. The Morgan fingerprint density at radius 2 is 0.846 bits per heavy atom. The van der Waals surface area contributed by atoms with E-state index >= 15 is 0 Å². The van der Waals surface area contributed by atoms with E-state index in [2.05, 4.69) is 41.5 Å². The van der Waals surface area contributed by atoms with Crippen LogP contribution in [0.3, 0.4) is 0 Å². The van der Waals surface area contributed by atoms with E-state index in [4.69, 9.17) is 0 Å². The Bertz CT molecular complexity index is 92.5. The minimum atomic E-state index is 0.826. The van der Waals surface area contributed by atoms with Crippen LogP contribution in [-0.2, 0) is 0 Å². The van der Waals surface area contributed by atoms with E-state index in [0.29, 0.717) is 0 Å². The van der Waals surface area contributed by atoms with Crippen LogP contribution < -0.4 is 4.90 Å². The number of hydrogen-bond donors (Lipinski definition) is 1. The average Bonchev–Trinajstić information content (AvgIpc) is 1.80. The van der Waals surface area contributed by atoms with Gasteiger partial charge in [-0.1, -0.05) is 41.5 Å². The molecule has 0 fully saturated rings. The van der Waals surface area contributed by atoms with E-state index < -0.39 is 0 Å². The Hall–Kier alpha value is -0.0400. The van der Waals surface area contributed by atoms with E-state index in [1.54, 1.807) is 4.90 Å². The van der Waals surface area contributed by atoms with Gasteiger partial charge in [0.15, 0.2) is 0 Å². The lowest BCUT2D eigenvalue weighted by Crippen LogP contribution is -3.13. The van der Waals surface area contributed by atoms with E-state index in [1.807, 2.05) is 0 Å². The van der Waals surface area contributed by atoms with Crippen molar-refractivity contribution in [2.75, 3.05) is 19.6 Å². The first-order chi connectivity index (χ1) is 5.91. The van der Waals surface area contributed by atoms with E-state index in [9.17, 15) is 0 Å². The second-order valence-corrected chi connectivity index (χ2v) is 5.54. The molecule has 0 unspecified atom stereocenters. The maximum Gasteiger partial charge on any atom is 0.0794 e. The molecule has 80 valence electrons. The number of hydrogen-bond acceptors (Lipinski definition) is 0. The highest BCUT2D eigenvalue weighted by atomic mass is 15.1. The summed E-state index contributed by atoms with van der Waals surface area (Å²) in [7, 11) is 0. The first-order valence-corrected chi connectivity index (χ1v) is 5.75. The fraction of sp³-hybridized carbons (Fsp3) is 1.00. The molecule has 1 N–H and O–H groups in total. The second-order valence-electron chi connectivity index (χ2n) is 5.54. The van der Waals surface area contributed by atoms with Crippen molar-refractivity contribution in [3.63, 3.8) is 0 Å². The lowest BCUT2D eigenvalue weighted by molar-refractivity contribution is -0.909. The maximum atomic E-state index is 2.32. The fourth-order valence-electron chi connectivity index (χ4n) is 1.98.